The molecule has 5 heteroatoms. The van der Waals surface area contributed by atoms with Gasteiger partial charge in [0.25, 0.3) is 0 Å². The summed E-state index contributed by atoms with van der Waals surface area (Å²) >= 11 is 0. The van der Waals surface area contributed by atoms with Crippen molar-refractivity contribution in [1.29, 1.82) is 0 Å². The zero-order valence-corrected chi connectivity index (χ0v) is 7.49. The van der Waals surface area contributed by atoms with E-state index in [0.717, 1.165) is 18.4 Å². The molecule has 0 aliphatic heterocycles. The van der Waals surface area contributed by atoms with Crippen molar-refractivity contribution in [2.45, 2.75) is 25.2 Å². The van der Waals surface area contributed by atoms with Crippen LogP contribution in [-0.4, -0.2) is 21.0 Å². The average molecular weight is 194 g/mol. The molecule has 0 radical (unpaired) electrons. The molecule has 1 aromatic rings. The minimum atomic E-state index is -0.882. The molecule has 0 aromatic carbocycles. The number of aryl methyl sites for hydroxylation is 1. The number of fused-ring (bicyclic) bond motifs is 1. The summed E-state index contributed by atoms with van der Waals surface area (Å²) in [4.78, 5) is 27.9. The average Bonchev–Trinajstić information content (AvgIpc) is 2.16. The smallest absolute Gasteiger partial charge is 0.345 e. The lowest BCUT2D eigenvalue weighted by molar-refractivity contribution is -0.139. The number of hydrogen-bond donors (Lipinski definition) is 2. The van der Waals surface area contributed by atoms with Gasteiger partial charge in [0.05, 0.1) is 5.92 Å². The standard InChI is InChI=1S/C9H10N2O3/c12-8(13)6-3-1-2-5-4-10-9(14)11-7(5)6/h4,6H,1-3H2,(H,12,13)(H,10,11,14). The summed E-state index contributed by atoms with van der Waals surface area (Å²) in [5.74, 6) is -1.46. The molecule has 1 aliphatic carbocycles. The number of aliphatic carboxylic acids is 1. The lowest BCUT2D eigenvalue weighted by atomic mass is 9.87. The summed E-state index contributed by atoms with van der Waals surface area (Å²) in [7, 11) is 0. The van der Waals surface area contributed by atoms with E-state index in [1.165, 1.54) is 6.20 Å². The molecule has 1 heterocycles. The molecule has 1 unspecified atom stereocenters. The quantitative estimate of drug-likeness (QED) is 0.672. The Morgan fingerprint density at radius 3 is 3.14 bits per heavy atom. The molecule has 1 aromatic heterocycles. The van der Waals surface area contributed by atoms with Crippen molar-refractivity contribution < 1.29 is 9.90 Å². The number of H-pyrrole nitrogens is 1. The van der Waals surface area contributed by atoms with Gasteiger partial charge in [-0.05, 0) is 24.8 Å². The highest BCUT2D eigenvalue weighted by atomic mass is 16.4. The third-order valence-electron chi connectivity index (χ3n) is 2.51. The molecule has 14 heavy (non-hydrogen) atoms. The van der Waals surface area contributed by atoms with Crippen LogP contribution in [0.2, 0.25) is 0 Å². The third kappa shape index (κ3) is 1.41. The third-order valence-corrected chi connectivity index (χ3v) is 2.51. The van der Waals surface area contributed by atoms with E-state index < -0.39 is 17.6 Å². The Morgan fingerprint density at radius 2 is 2.43 bits per heavy atom. The van der Waals surface area contributed by atoms with Crippen LogP contribution in [0.4, 0.5) is 0 Å². The largest absolute Gasteiger partial charge is 0.481 e. The van der Waals surface area contributed by atoms with Crippen molar-refractivity contribution >= 4 is 5.97 Å². The Bertz CT molecular complexity index is 424. The molecule has 2 N–H and O–H groups in total. The highest BCUT2D eigenvalue weighted by Gasteiger charge is 2.27. The van der Waals surface area contributed by atoms with E-state index in [1.807, 2.05) is 0 Å². The number of carboxylic acids is 1. The summed E-state index contributed by atoms with van der Waals surface area (Å²) in [5.41, 5.74) is 0.906. The van der Waals surface area contributed by atoms with E-state index in [4.69, 9.17) is 5.11 Å². The molecule has 0 amide bonds. The van der Waals surface area contributed by atoms with E-state index in [2.05, 4.69) is 9.97 Å². The highest BCUT2D eigenvalue weighted by Crippen LogP contribution is 2.28. The molecule has 74 valence electrons. The maximum absolute atomic E-state index is 10.9. The fraction of sp³-hybridized carbons (Fsp3) is 0.444. The number of nitrogens with zero attached hydrogens (tertiary/aromatic N) is 1. The summed E-state index contributed by atoms with van der Waals surface area (Å²) in [5, 5.41) is 8.93. The Labute approximate surface area is 79.8 Å². The summed E-state index contributed by atoms with van der Waals surface area (Å²) in [6, 6.07) is 0. The minimum absolute atomic E-state index is 0.475. The van der Waals surface area contributed by atoms with Crippen LogP contribution < -0.4 is 5.69 Å². The molecule has 0 spiro atoms. The van der Waals surface area contributed by atoms with Gasteiger partial charge in [-0.3, -0.25) is 4.79 Å². The van der Waals surface area contributed by atoms with Crippen molar-refractivity contribution in [2.75, 3.05) is 0 Å². The number of nitrogens with one attached hydrogen (secondary N) is 1. The lowest BCUT2D eigenvalue weighted by Gasteiger charge is -2.20. The monoisotopic (exact) mass is 194 g/mol. The van der Waals surface area contributed by atoms with Crippen LogP contribution in [0, 0.1) is 0 Å². The van der Waals surface area contributed by atoms with Crippen LogP contribution in [0.15, 0.2) is 11.0 Å². The first-order valence-corrected chi connectivity index (χ1v) is 4.49. The Balaban J connectivity index is 2.52. The molecular weight excluding hydrogens is 184 g/mol. The van der Waals surface area contributed by atoms with Crippen molar-refractivity contribution in [2.24, 2.45) is 0 Å². The summed E-state index contributed by atoms with van der Waals surface area (Å²) in [6.07, 6.45) is 3.69. The van der Waals surface area contributed by atoms with Crippen molar-refractivity contribution in [3.8, 4) is 0 Å². The van der Waals surface area contributed by atoms with Gasteiger partial charge in [-0.25, -0.2) is 9.78 Å². The highest BCUT2D eigenvalue weighted by molar-refractivity contribution is 5.76. The normalized spacial score (nSPS) is 20.1. The van der Waals surface area contributed by atoms with E-state index in [-0.39, 0.29) is 0 Å². The number of rotatable bonds is 1. The van der Waals surface area contributed by atoms with E-state index in [1.54, 1.807) is 0 Å². The number of aromatic nitrogens is 2. The second-order valence-electron chi connectivity index (χ2n) is 3.41. The molecule has 1 atom stereocenters. The van der Waals surface area contributed by atoms with E-state index in [9.17, 15) is 9.59 Å². The first kappa shape index (κ1) is 8.93. The molecule has 0 saturated carbocycles. The van der Waals surface area contributed by atoms with Crippen molar-refractivity contribution in [3.05, 3.63) is 27.9 Å². The second-order valence-corrected chi connectivity index (χ2v) is 3.41. The van der Waals surface area contributed by atoms with Crippen LogP contribution in [0.3, 0.4) is 0 Å². The molecule has 1 aliphatic rings. The molecule has 0 bridgehead atoms. The fourth-order valence-corrected chi connectivity index (χ4v) is 1.83. The number of carboxylic acid groups (broad SMARTS) is 1. The van der Waals surface area contributed by atoms with E-state index in [0.29, 0.717) is 12.1 Å². The molecule has 5 nitrogen and oxygen atoms in total. The van der Waals surface area contributed by atoms with Crippen LogP contribution in [0.25, 0.3) is 0 Å². The van der Waals surface area contributed by atoms with Crippen LogP contribution in [0.1, 0.15) is 30.0 Å². The van der Waals surface area contributed by atoms with Gasteiger partial charge in [0.2, 0.25) is 0 Å². The van der Waals surface area contributed by atoms with Gasteiger partial charge < -0.3 is 10.1 Å². The molecule has 0 saturated heterocycles. The zero-order chi connectivity index (χ0) is 10.1. The lowest BCUT2D eigenvalue weighted by Crippen LogP contribution is -2.24. The summed E-state index contributed by atoms with van der Waals surface area (Å²) < 4.78 is 0. The van der Waals surface area contributed by atoms with Crippen LogP contribution in [-0.2, 0) is 11.2 Å². The van der Waals surface area contributed by atoms with Crippen molar-refractivity contribution in [1.82, 2.24) is 9.97 Å². The van der Waals surface area contributed by atoms with Gasteiger partial charge in [-0.2, -0.15) is 0 Å². The molecular formula is C9H10N2O3. The SMILES string of the molecule is O=C(O)C1CCCc2cnc(=O)[nH]c21. The van der Waals surface area contributed by atoms with Gasteiger partial charge in [-0.1, -0.05) is 0 Å². The van der Waals surface area contributed by atoms with Crippen LogP contribution in [0.5, 0.6) is 0 Å². The minimum Gasteiger partial charge on any atom is -0.481 e. The van der Waals surface area contributed by atoms with Gasteiger partial charge in [-0.15, -0.1) is 0 Å². The predicted molar refractivity (Wildman–Crippen MR) is 48.2 cm³/mol. The van der Waals surface area contributed by atoms with Gasteiger partial charge in [0, 0.05) is 11.9 Å². The number of carbonyl (C=O) groups is 1. The molecule has 0 fully saturated rings. The predicted octanol–water partition coefficient (Wildman–Crippen LogP) is 0.274. The van der Waals surface area contributed by atoms with Gasteiger partial charge in [0.15, 0.2) is 0 Å². The summed E-state index contributed by atoms with van der Waals surface area (Å²) in [6.45, 7) is 0. The van der Waals surface area contributed by atoms with Gasteiger partial charge >= 0.3 is 11.7 Å². The van der Waals surface area contributed by atoms with Crippen molar-refractivity contribution in [3.63, 3.8) is 0 Å². The first-order valence-electron chi connectivity index (χ1n) is 4.49. The number of hydrogen-bond acceptors (Lipinski definition) is 3. The Hall–Kier alpha value is -1.65. The zero-order valence-electron chi connectivity index (χ0n) is 7.49. The Kier molecular flexibility index (Phi) is 2.07. The second kappa shape index (κ2) is 3.25. The van der Waals surface area contributed by atoms with Gasteiger partial charge in [0.1, 0.15) is 0 Å². The molecule has 2 rings (SSSR count). The number of aromatic amines is 1. The maximum Gasteiger partial charge on any atom is 0.345 e. The Morgan fingerprint density at radius 1 is 1.64 bits per heavy atom. The first-order chi connectivity index (χ1) is 6.68. The maximum atomic E-state index is 10.9. The fourth-order valence-electron chi connectivity index (χ4n) is 1.83. The topological polar surface area (TPSA) is 83.0 Å². The van der Waals surface area contributed by atoms with Crippen LogP contribution >= 0.6 is 0 Å². The van der Waals surface area contributed by atoms with E-state index >= 15 is 0 Å².